The van der Waals surface area contributed by atoms with Crippen molar-refractivity contribution in [1.29, 1.82) is 0 Å². The van der Waals surface area contributed by atoms with Gasteiger partial charge in [0.1, 0.15) is 36.6 Å². The Bertz CT molecular complexity index is 1350. The molecule has 0 saturated carbocycles. The van der Waals surface area contributed by atoms with Gasteiger partial charge in [-0.1, -0.05) is 12.1 Å². The lowest BCUT2D eigenvalue weighted by molar-refractivity contribution is -0.353. The smallest absolute Gasteiger partial charge is 0.331 e. The molecule has 4 rings (SSSR count). The Hall–Kier alpha value is -3.93. The van der Waals surface area contributed by atoms with Crippen LogP contribution in [-0.4, -0.2) is 120 Å². The van der Waals surface area contributed by atoms with Gasteiger partial charge < -0.3 is 69.6 Å². The summed E-state index contributed by atoms with van der Waals surface area (Å²) in [7, 11) is 0. The van der Waals surface area contributed by atoms with Crippen LogP contribution in [0.3, 0.4) is 0 Å². The van der Waals surface area contributed by atoms with Crippen molar-refractivity contribution in [2.24, 2.45) is 0 Å². The van der Waals surface area contributed by atoms with Crippen molar-refractivity contribution < 1.29 is 74.4 Å². The van der Waals surface area contributed by atoms with Gasteiger partial charge in [-0.3, -0.25) is 0 Å². The Morgan fingerprint density at radius 3 is 1.98 bits per heavy atom. The minimum absolute atomic E-state index is 0.325. The Labute approximate surface area is 250 Å². The van der Waals surface area contributed by atoms with Crippen LogP contribution < -0.4 is 0 Å². The van der Waals surface area contributed by atoms with E-state index >= 15 is 0 Å². The molecule has 15 heteroatoms. The molecule has 2 aromatic rings. The summed E-state index contributed by atoms with van der Waals surface area (Å²) in [4.78, 5) is 12.8. The van der Waals surface area contributed by atoms with Gasteiger partial charge in [-0.05, 0) is 54.5 Å². The SMILES string of the molecule is CC1OC(OC2C(O)C(OC=Cc3ccc(O)c(O)c3)OC(CO)C2OC(=O)C=Cc2ccc(O)c(O)c2)C(O)C(O)C1O. The van der Waals surface area contributed by atoms with E-state index in [2.05, 4.69) is 0 Å². The average Bonchev–Trinajstić information content (AvgIpc) is 2.99. The van der Waals surface area contributed by atoms with E-state index in [1.807, 2.05) is 0 Å². The standard InChI is InChI=1S/C29H34O15/c1-13-22(36)23(37)24(38)29(41-13)44-27-25(39)28(40-9-8-15-3-6-17(32)19(34)11-15)42-20(12-30)26(27)43-21(35)7-4-14-2-5-16(31)18(33)10-14/h2-11,13,20,22-34,36-39H,12H2,1H3. The van der Waals surface area contributed by atoms with Crippen molar-refractivity contribution in [3.05, 3.63) is 59.9 Å². The lowest BCUT2D eigenvalue weighted by Crippen LogP contribution is -2.64. The first-order valence-corrected chi connectivity index (χ1v) is 13.4. The molecule has 2 aliphatic rings. The maximum Gasteiger partial charge on any atom is 0.331 e. The fraction of sp³-hybridized carbons (Fsp3) is 0.414. The number of aliphatic hydroxyl groups excluding tert-OH is 5. The zero-order chi connectivity index (χ0) is 32.1. The Balaban J connectivity index is 1.56. The van der Waals surface area contributed by atoms with E-state index < -0.39 is 79.7 Å². The van der Waals surface area contributed by atoms with Gasteiger partial charge in [-0.2, -0.15) is 0 Å². The zero-order valence-corrected chi connectivity index (χ0v) is 23.2. The highest BCUT2D eigenvalue weighted by Crippen LogP contribution is 2.32. The summed E-state index contributed by atoms with van der Waals surface area (Å²) < 4.78 is 27.9. The summed E-state index contributed by atoms with van der Waals surface area (Å²) in [6, 6.07) is 7.74. The number of aliphatic hydroxyl groups is 5. The largest absolute Gasteiger partial charge is 0.504 e. The van der Waals surface area contributed by atoms with E-state index in [1.54, 1.807) is 0 Å². The van der Waals surface area contributed by atoms with Crippen LogP contribution in [0.1, 0.15) is 18.1 Å². The molecule has 0 radical (unpaired) electrons. The van der Waals surface area contributed by atoms with Gasteiger partial charge in [-0.25, -0.2) is 4.79 Å². The van der Waals surface area contributed by atoms with Crippen LogP contribution in [-0.2, 0) is 28.5 Å². The van der Waals surface area contributed by atoms with Crippen LogP contribution in [0.4, 0.5) is 0 Å². The summed E-state index contributed by atoms with van der Waals surface area (Å²) in [5.41, 5.74) is 0.726. The minimum Gasteiger partial charge on any atom is -0.504 e. The van der Waals surface area contributed by atoms with E-state index in [0.717, 1.165) is 12.3 Å². The first-order valence-electron chi connectivity index (χ1n) is 13.4. The molecule has 0 spiro atoms. The minimum atomic E-state index is -1.79. The number of hydrogen-bond donors (Lipinski definition) is 9. The number of ether oxygens (including phenoxy) is 5. The third-order valence-corrected chi connectivity index (χ3v) is 7.03. The van der Waals surface area contributed by atoms with Crippen LogP contribution in [0.5, 0.6) is 23.0 Å². The predicted octanol–water partition coefficient (Wildman–Crippen LogP) is -0.588. The zero-order valence-electron chi connectivity index (χ0n) is 23.2. The molecule has 0 aromatic heterocycles. The number of esters is 1. The predicted molar refractivity (Wildman–Crippen MR) is 148 cm³/mol. The Kier molecular flexibility index (Phi) is 10.7. The van der Waals surface area contributed by atoms with Crippen molar-refractivity contribution >= 4 is 18.1 Å². The van der Waals surface area contributed by atoms with E-state index in [1.165, 1.54) is 55.5 Å². The average molecular weight is 623 g/mol. The van der Waals surface area contributed by atoms with Gasteiger partial charge in [0.15, 0.2) is 35.4 Å². The molecular formula is C29H34O15. The van der Waals surface area contributed by atoms with Crippen molar-refractivity contribution in [2.45, 2.75) is 68.3 Å². The van der Waals surface area contributed by atoms with Gasteiger partial charge in [0, 0.05) is 6.08 Å². The molecule has 10 unspecified atom stereocenters. The number of phenols is 4. The molecule has 240 valence electrons. The molecule has 2 heterocycles. The molecule has 0 aliphatic carbocycles. The van der Waals surface area contributed by atoms with Crippen molar-refractivity contribution in [3.8, 4) is 23.0 Å². The molecule has 2 fully saturated rings. The number of hydrogen-bond acceptors (Lipinski definition) is 15. The van der Waals surface area contributed by atoms with Crippen molar-refractivity contribution in [2.75, 3.05) is 6.61 Å². The third kappa shape index (κ3) is 7.58. The van der Waals surface area contributed by atoms with Crippen LogP contribution in [0.2, 0.25) is 0 Å². The summed E-state index contributed by atoms with van der Waals surface area (Å²) in [5.74, 6) is -2.51. The highest BCUT2D eigenvalue weighted by molar-refractivity contribution is 5.87. The number of carbonyl (C=O) groups is 1. The maximum absolute atomic E-state index is 12.8. The van der Waals surface area contributed by atoms with Crippen LogP contribution in [0, 0.1) is 0 Å². The first-order chi connectivity index (χ1) is 20.9. The second-order valence-electron chi connectivity index (χ2n) is 10.2. The summed E-state index contributed by atoms with van der Waals surface area (Å²) in [5, 5.41) is 90.4. The molecule has 15 nitrogen and oxygen atoms in total. The van der Waals surface area contributed by atoms with E-state index in [9.17, 15) is 50.8 Å². The topological polar surface area (TPSA) is 245 Å². The van der Waals surface area contributed by atoms with Crippen LogP contribution in [0.25, 0.3) is 12.2 Å². The van der Waals surface area contributed by atoms with Crippen LogP contribution >= 0.6 is 0 Å². The summed E-state index contributed by atoms with van der Waals surface area (Å²) in [6.45, 7) is 0.648. The second-order valence-corrected chi connectivity index (χ2v) is 10.2. The van der Waals surface area contributed by atoms with Gasteiger partial charge >= 0.3 is 5.97 Å². The molecule has 2 aromatic carbocycles. The van der Waals surface area contributed by atoms with Gasteiger partial charge in [-0.15, -0.1) is 0 Å². The molecule has 2 saturated heterocycles. The normalized spacial score (nSPS) is 32.6. The molecule has 9 N–H and O–H groups in total. The maximum atomic E-state index is 12.8. The van der Waals surface area contributed by atoms with Gasteiger partial charge in [0.25, 0.3) is 0 Å². The summed E-state index contributed by atoms with van der Waals surface area (Å²) >= 11 is 0. The quantitative estimate of drug-likeness (QED) is 0.0734. The highest BCUT2D eigenvalue weighted by atomic mass is 16.7. The number of benzene rings is 2. The molecule has 44 heavy (non-hydrogen) atoms. The molecule has 10 atom stereocenters. The highest BCUT2D eigenvalue weighted by Gasteiger charge is 2.52. The number of aromatic hydroxyl groups is 4. The Morgan fingerprint density at radius 2 is 1.39 bits per heavy atom. The van der Waals surface area contributed by atoms with E-state index in [0.29, 0.717) is 11.1 Å². The van der Waals surface area contributed by atoms with Gasteiger partial charge in [0.05, 0.1) is 19.0 Å². The van der Waals surface area contributed by atoms with E-state index in [-0.39, 0.29) is 17.2 Å². The second kappa shape index (κ2) is 14.2. The molecule has 2 aliphatic heterocycles. The third-order valence-electron chi connectivity index (χ3n) is 7.03. The van der Waals surface area contributed by atoms with E-state index in [4.69, 9.17) is 23.7 Å². The van der Waals surface area contributed by atoms with Crippen molar-refractivity contribution in [3.63, 3.8) is 0 Å². The molecular weight excluding hydrogens is 588 g/mol. The lowest BCUT2D eigenvalue weighted by atomic mass is 9.97. The number of rotatable bonds is 9. The number of carbonyl (C=O) groups excluding carboxylic acids is 1. The lowest BCUT2D eigenvalue weighted by Gasteiger charge is -2.46. The first kappa shape index (κ1) is 33.0. The summed E-state index contributed by atoms with van der Waals surface area (Å²) in [6.07, 6.45) is -10.7. The van der Waals surface area contributed by atoms with Crippen molar-refractivity contribution in [1.82, 2.24) is 0 Å². The number of phenolic OH excluding ortho intramolecular Hbond substituents is 4. The fourth-order valence-electron chi connectivity index (χ4n) is 4.55. The Morgan fingerprint density at radius 1 is 0.773 bits per heavy atom. The van der Waals surface area contributed by atoms with Gasteiger partial charge in [0.2, 0.25) is 6.29 Å². The molecule has 0 bridgehead atoms. The monoisotopic (exact) mass is 622 g/mol. The van der Waals surface area contributed by atoms with Crippen LogP contribution in [0.15, 0.2) is 48.7 Å². The molecule has 0 amide bonds. The fourth-order valence-corrected chi connectivity index (χ4v) is 4.55.